The van der Waals surface area contributed by atoms with E-state index in [-0.39, 0.29) is 11.7 Å². The summed E-state index contributed by atoms with van der Waals surface area (Å²) in [4.78, 5) is 0. The van der Waals surface area contributed by atoms with Gasteiger partial charge in [-0.05, 0) is 41.1 Å². The number of ether oxygens (including phenoxy) is 1. The molecule has 20 heavy (non-hydrogen) atoms. The number of benzene rings is 3. The SMILES string of the molecule is Fc1ccc(Oc2ccc3ccccc3c2)c(CCl)c1. The van der Waals surface area contributed by atoms with Gasteiger partial charge in [0.1, 0.15) is 17.3 Å². The lowest BCUT2D eigenvalue weighted by atomic mass is 10.1. The van der Waals surface area contributed by atoms with Crippen LogP contribution in [-0.2, 0) is 5.88 Å². The molecule has 0 aromatic heterocycles. The first-order chi connectivity index (χ1) is 9.76. The Morgan fingerprint density at radius 3 is 2.50 bits per heavy atom. The van der Waals surface area contributed by atoms with Gasteiger partial charge in [0.2, 0.25) is 0 Å². The fraction of sp³-hybridized carbons (Fsp3) is 0.0588. The van der Waals surface area contributed by atoms with Crippen LogP contribution in [0.3, 0.4) is 0 Å². The van der Waals surface area contributed by atoms with Gasteiger partial charge in [0.05, 0.1) is 5.88 Å². The van der Waals surface area contributed by atoms with Crippen LogP contribution in [-0.4, -0.2) is 0 Å². The van der Waals surface area contributed by atoms with E-state index in [1.54, 1.807) is 6.07 Å². The van der Waals surface area contributed by atoms with Gasteiger partial charge in [0, 0.05) is 5.56 Å². The third-order valence-electron chi connectivity index (χ3n) is 3.12. The molecule has 0 aliphatic rings. The number of fused-ring (bicyclic) bond motifs is 1. The molecule has 0 saturated heterocycles. The van der Waals surface area contributed by atoms with Gasteiger partial charge in [-0.15, -0.1) is 11.6 Å². The molecule has 0 spiro atoms. The van der Waals surface area contributed by atoms with Gasteiger partial charge >= 0.3 is 0 Å². The zero-order chi connectivity index (χ0) is 13.9. The van der Waals surface area contributed by atoms with Crippen LogP contribution in [0.25, 0.3) is 10.8 Å². The van der Waals surface area contributed by atoms with Crippen LogP contribution in [0, 0.1) is 5.82 Å². The molecule has 0 aliphatic carbocycles. The van der Waals surface area contributed by atoms with E-state index < -0.39 is 0 Å². The fourth-order valence-corrected chi connectivity index (χ4v) is 2.32. The Morgan fingerprint density at radius 1 is 0.900 bits per heavy atom. The van der Waals surface area contributed by atoms with Crippen molar-refractivity contribution in [2.45, 2.75) is 5.88 Å². The van der Waals surface area contributed by atoms with Crippen molar-refractivity contribution in [3.63, 3.8) is 0 Å². The summed E-state index contributed by atoms with van der Waals surface area (Å²) in [6.07, 6.45) is 0. The maximum atomic E-state index is 13.2. The minimum Gasteiger partial charge on any atom is -0.457 e. The van der Waals surface area contributed by atoms with E-state index in [2.05, 4.69) is 0 Å². The average molecular weight is 287 g/mol. The third-order valence-corrected chi connectivity index (χ3v) is 3.40. The van der Waals surface area contributed by atoms with E-state index in [9.17, 15) is 4.39 Å². The molecule has 0 amide bonds. The predicted molar refractivity (Wildman–Crippen MR) is 80.0 cm³/mol. The van der Waals surface area contributed by atoms with E-state index in [1.165, 1.54) is 12.1 Å². The second kappa shape index (κ2) is 5.51. The summed E-state index contributed by atoms with van der Waals surface area (Å²) >= 11 is 5.82. The van der Waals surface area contributed by atoms with Crippen molar-refractivity contribution in [1.82, 2.24) is 0 Å². The smallest absolute Gasteiger partial charge is 0.132 e. The normalized spacial score (nSPS) is 10.7. The molecule has 100 valence electrons. The van der Waals surface area contributed by atoms with E-state index in [4.69, 9.17) is 16.3 Å². The van der Waals surface area contributed by atoms with Crippen molar-refractivity contribution in [3.05, 3.63) is 72.0 Å². The maximum Gasteiger partial charge on any atom is 0.132 e. The predicted octanol–water partition coefficient (Wildman–Crippen LogP) is 5.51. The van der Waals surface area contributed by atoms with Gasteiger partial charge in [-0.25, -0.2) is 4.39 Å². The van der Waals surface area contributed by atoms with Crippen LogP contribution in [0.2, 0.25) is 0 Å². The quantitative estimate of drug-likeness (QED) is 0.577. The second-order valence-corrected chi connectivity index (χ2v) is 4.76. The Morgan fingerprint density at radius 2 is 1.70 bits per heavy atom. The highest BCUT2D eigenvalue weighted by Gasteiger charge is 2.06. The van der Waals surface area contributed by atoms with Gasteiger partial charge in [-0.2, -0.15) is 0 Å². The van der Waals surface area contributed by atoms with Gasteiger partial charge in [-0.1, -0.05) is 30.3 Å². The van der Waals surface area contributed by atoms with Crippen molar-refractivity contribution in [2.24, 2.45) is 0 Å². The lowest BCUT2D eigenvalue weighted by Gasteiger charge is -2.10. The standard InChI is InChI=1S/C17H12ClFO/c18-11-14-9-15(19)6-8-17(14)20-16-7-5-12-3-1-2-4-13(12)10-16/h1-10H,11H2. The second-order valence-electron chi connectivity index (χ2n) is 4.50. The lowest BCUT2D eigenvalue weighted by molar-refractivity contribution is 0.476. The highest BCUT2D eigenvalue weighted by atomic mass is 35.5. The molecule has 0 fully saturated rings. The monoisotopic (exact) mass is 286 g/mol. The fourth-order valence-electron chi connectivity index (χ4n) is 2.11. The first kappa shape index (κ1) is 12.9. The van der Waals surface area contributed by atoms with E-state index in [0.717, 1.165) is 10.8 Å². The van der Waals surface area contributed by atoms with E-state index in [1.807, 2.05) is 42.5 Å². The highest BCUT2D eigenvalue weighted by Crippen LogP contribution is 2.29. The molecule has 0 atom stereocenters. The maximum absolute atomic E-state index is 13.2. The average Bonchev–Trinajstić information content (AvgIpc) is 2.49. The van der Waals surface area contributed by atoms with Crippen LogP contribution in [0.5, 0.6) is 11.5 Å². The first-order valence-electron chi connectivity index (χ1n) is 6.27. The molecule has 0 unspecified atom stereocenters. The molecule has 0 heterocycles. The summed E-state index contributed by atoms with van der Waals surface area (Å²) in [6, 6.07) is 18.2. The summed E-state index contributed by atoms with van der Waals surface area (Å²) in [6.45, 7) is 0. The lowest BCUT2D eigenvalue weighted by Crippen LogP contribution is -1.91. The van der Waals surface area contributed by atoms with Crippen LogP contribution < -0.4 is 4.74 Å². The number of rotatable bonds is 3. The minimum atomic E-state index is -0.313. The summed E-state index contributed by atoms with van der Waals surface area (Å²) in [5.41, 5.74) is 0.639. The molecule has 3 aromatic rings. The number of hydrogen-bond donors (Lipinski definition) is 0. The Balaban J connectivity index is 1.96. The Kier molecular flexibility index (Phi) is 3.57. The van der Waals surface area contributed by atoms with E-state index >= 15 is 0 Å². The summed E-state index contributed by atoms with van der Waals surface area (Å²) in [7, 11) is 0. The Labute approximate surface area is 121 Å². The van der Waals surface area contributed by atoms with Crippen molar-refractivity contribution >= 4 is 22.4 Å². The Bertz CT molecular complexity index is 755. The molecule has 3 heteroatoms. The number of halogens is 2. The van der Waals surface area contributed by atoms with Gasteiger partial charge < -0.3 is 4.74 Å². The molecule has 0 radical (unpaired) electrons. The topological polar surface area (TPSA) is 9.23 Å². The van der Waals surface area contributed by atoms with Crippen molar-refractivity contribution in [2.75, 3.05) is 0 Å². The molecule has 0 N–H and O–H groups in total. The largest absolute Gasteiger partial charge is 0.457 e. The minimum absolute atomic E-state index is 0.209. The van der Waals surface area contributed by atoms with Crippen molar-refractivity contribution < 1.29 is 9.13 Å². The highest BCUT2D eigenvalue weighted by molar-refractivity contribution is 6.17. The molecular weight excluding hydrogens is 275 g/mol. The van der Waals surface area contributed by atoms with Crippen molar-refractivity contribution in [1.29, 1.82) is 0 Å². The van der Waals surface area contributed by atoms with Gasteiger partial charge in [0.15, 0.2) is 0 Å². The zero-order valence-corrected chi connectivity index (χ0v) is 11.4. The van der Waals surface area contributed by atoms with Crippen LogP contribution >= 0.6 is 11.6 Å². The molecule has 0 aliphatic heterocycles. The van der Waals surface area contributed by atoms with Crippen LogP contribution in [0.1, 0.15) is 5.56 Å². The van der Waals surface area contributed by atoms with Crippen LogP contribution in [0.15, 0.2) is 60.7 Å². The molecule has 3 rings (SSSR count). The third kappa shape index (κ3) is 2.61. The Hall–Kier alpha value is -2.06. The molecule has 1 nitrogen and oxygen atoms in total. The summed E-state index contributed by atoms with van der Waals surface area (Å²) in [5.74, 6) is 1.19. The molecule has 3 aromatic carbocycles. The van der Waals surface area contributed by atoms with Crippen molar-refractivity contribution in [3.8, 4) is 11.5 Å². The number of alkyl halides is 1. The van der Waals surface area contributed by atoms with Gasteiger partial charge in [0.25, 0.3) is 0 Å². The zero-order valence-electron chi connectivity index (χ0n) is 10.6. The van der Waals surface area contributed by atoms with Crippen LogP contribution in [0.4, 0.5) is 4.39 Å². The summed E-state index contributed by atoms with van der Waals surface area (Å²) < 4.78 is 19.0. The molecule has 0 saturated carbocycles. The number of hydrogen-bond acceptors (Lipinski definition) is 1. The van der Waals surface area contributed by atoms with E-state index in [0.29, 0.717) is 17.1 Å². The molecule has 0 bridgehead atoms. The molecular formula is C17H12ClFO. The first-order valence-corrected chi connectivity index (χ1v) is 6.81. The summed E-state index contributed by atoms with van der Waals surface area (Å²) in [5, 5.41) is 2.25. The van der Waals surface area contributed by atoms with Gasteiger partial charge in [-0.3, -0.25) is 0 Å².